The van der Waals surface area contributed by atoms with E-state index in [1.165, 1.54) is 0 Å². The summed E-state index contributed by atoms with van der Waals surface area (Å²) in [6, 6.07) is 0. The van der Waals surface area contributed by atoms with E-state index in [-0.39, 0.29) is 22.4 Å². The maximum atomic E-state index is 6.12. The van der Waals surface area contributed by atoms with Crippen molar-refractivity contribution in [2.75, 3.05) is 64.3 Å². The van der Waals surface area contributed by atoms with Crippen molar-refractivity contribution in [2.24, 2.45) is 0 Å². The highest BCUT2D eigenvalue weighted by molar-refractivity contribution is 7.91. The van der Waals surface area contributed by atoms with E-state index >= 15 is 0 Å². The first-order valence-electron chi connectivity index (χ1n) is 5.73. The van der Waals surface area contributed by atoms with E-state index in [4.69, 9.17) is 8.57 Å². The normalized spacial score (nSPS) is 38.6. The maximum absolute atomic E-state index is 6.12. The monoisotopic (exact) mass is 268 g/mol. The Kier molecular flexibility index (Phi) is 3.78. The third-order valence-electron chi connectivity index (χ3n) is 3.36. The van der Waals surface area contributed by atoms with E-state index < -0.39 is 0 Å². The van der Waals surface area contributed by atoms with Gasteiger partial charge in [-0.2, -0.15) is 0 Å². The third kappa shape index (κ3) is 2.68. The van der Waals surface area contributed by atoms with Gasteiger partial charge < -0.3 is 0 Å². The Morgan fingerprint density at radius 1 is 0.625 bits per heavy atom. The van der Waals surface area contributed by atoms with Gasteiger partial charge in [0.15, 0.2) is 39.3 Å². The second-order valence-corrected chi connectivity index (χ2v) is 8.35. The zero-order valence-electron chi connectivity index (χ0n) is 10.8. The van der Waals surface area contributed by atoms with Crippen LogP contribution < -0.4 is 0 Å². The summed E-state index contributed by atoms with van der Waals surface area (Å²) in [5.41, 5.74) is 0. The Labute approximate surface area is 105 Å². The SMILES string of the molecule is C[S+](C)O[N+]12CC[N+](O[S+](C)C)(CC1)CC2. The second kappa shape index (κ2) is 4.66. The Bertz CT molecular complexity index is 211. The smallest absolute Gasteiger partial charge is 0.114 e. The molecule has 3 rings (SSSR count). The zero-order valence-corrected chi connectivity index (χ0v) is 12.4. The van der Waals surface area contributed by atoms with Gasteiger partial charge in [-0.1, -0.05) is 0 Å². The number of piperazine rings is 3. The first-order chi connectivity index (χ1) is 7.45. The summed E-state index contributed by atoms with van der Waals surface area (Å²) in [5, 5.41) is 0. The topological polar surface area (TPSA) is 18.5 Å². The highest BCUT2D eigenvalue weighted by Gasteiger charge is 2.57. The van der Waals surface area contributed by atoms with Crippen LogP contribution in [-0.2, 0) is 30.9 Å². The summed E-state index contributed by atoms with van der Waals surface area (Å²) in [4.78, 5) is 0. The van der Waals surface area contributed by atoms with Crippen LogP contribution >= 0.6 is 0 Å². The summed E-state index contributed by atoms with van der Waals surface area (Å²) in [5.74, 6) is 0. The molecule has 16 heavy (non-hydrogen) atoms. The summed E-state index contributed by atoms with van der Waals surface area (Å²) >= 11 is 0.148. The average Bonchev–Trinajstić information content (AvgIpc) is 2.18. The van der Waals surface area contributed by atoms with E-state index in [2.05, 4.69) is 25.0 Å². The maximum Gasteiger partial charge on any atom is 0.205 e. The van der Waals surface area contributed by atoms with Crippen LogP contribution in [0, 0.1) is 0 Å². The van der Waals surface area contributed by atoms with Crippen LogP contribution in [0.3, 0.4) is 0 Å². The van der Waals surface area contributed by atoms with E-state index in [1.54, 1.807) is 0 Å². The van der Waals surface area contributed by atoms with Gasteiger partial charge in [0.2, 0.25) is 22.4 Å². The molecule has 4 nitrogen and oxygen atoms in total. The van der Waals surface area contributed by atoms with Crippen LogP contribution in [0.15, 0.2) is 0 Å². The standard InChI is InChI=1S/C10H24N2O2S2/c1-15(2)13-11-5-8-12(9-6-11,10-7-11)14-16(3)4/h5-10H2,1-4H3/q+4. The van der Waals surface area contributed by atoms with Gasteiger partial charge in [0.05, 0.1) is 0 Å². The van der Waals surface area contributed by atoms with Gasteiger partial charge in [0.25, 0.3) is 0 Å². The molecule has 0 aromatic heterocycles. The predicted molar refractivity (Wildman–Crippen MR) is 70.3 cm³/mol. The van der Waals surface area contributed by atoms with Crippen molar-refractivity contribution >= 4 is 22.4 Å². The molecule has 6 heteroatoms. The molecule has 0 radical (unpaired) electrons. The van der Waals surface area contributed by atoms with Crippen LogP contribution in [0.4, 0.5) is 0 Å². The molecule has 0 atom stereocenters. The molecule has 3 heterocycles. The first kappa shape index (κ1) is 13.0. The summed E-state index contributed by atoms with van der Waals surface area (Å²) < 4.78 is 14.0. The van der Waals surface area contributed by atoms with Crippen molar-refractivity contribution in [2.45, 2.75) is 0 Å². The molecule has 0 amide bonds. The average molecular weight is 268 g/mol. The number of hydroxylamine groups is 6. The number of quaternary nitrogens is 2. The molecule has 0 spiro atoms. The fourth-order valence-electron chi connectivity index (χ4n) is 2.62. The van der Waals surface area contributed by atoms with Gasteiger partial charge in [-0.25, -0.2) is 0 Å². The van der Waals surface area contributed by atoms with Crippen LogP contribution in [0.25, 0.3) is 0 Å². The van der Waals surface area contributed by atoms with Crippen LogP contribution in [0.2, 0.25) is 0 Å². The van der Waals surface area contributed by atoms with Crippen molar-refractivity contribution in [3.05, 3.63) is 0 Å². The van der Waals surface area contributed by atoms with E-state index in [0.717, 1.165) is 48.6 Å². The summed E-state index contributed by atoms with van der Waals surface area (Å²) in [7, 11) is 0. The molecule has 3 aliphatic heterocycles. The van der Waals surface area contributed by atoms with Gasteiger partial charge in [0.1, 0.15) is 25.0 Å². The molecule has 0 aromatic rings. The number of hydrogen-bond acceptors (Lipinski definition) is 2. The number of fused-ring (bicyclic) bond motifs is 3. The molecule has 94 valence electrons. The minimum atomic E-state index is 0.0742. The Hall–Kier alpha value is 0.540. The molecule has 3 saturated heterocycles. The van der Waals surface area contributed by atoms with Crippen molar-refractivity contribution in [3.63, 3.8) is 0 Å². The van der Waals surface area contributed by atoms with Gasteiger partial charge in [0, 0.05) is 8.57 Å². The molecule has 0 N–H and O–H groups in total. The number of hydrogen-bond donors (Lipinski definition) is 0. The Balaban J connectivity index is 1.97. The lowest BCUT2D eigenvalue weighted by atomic mass is 10.2. The predicted octanol–water partition coefficient (Wildman–Crippen LogP) is 0.0962. The fraction of sp³-hybridized carbons (Fsp3) is 1.00. The molecule has 0 aliphatic carbocycles. The fourth-order valence-corrected chi connectivity index (χ4v) is 4.33. The largest absolute Gasteiger partial charge is 0.205 e. The highest BCUT2D eigenvalue weighted by Crippen LogP contribution is 2.29. The molecule has 0 aromatic carbocycles. The Morgan fingerprint density at radius 2 is 0.875 bits per heavy atom. The Morgan fingerprint density at radius 3 is 1.06 bits per heavy atom. The van der Waals surface area contributed by atoms with E-state index in [0.29, 0.717) is 0 Å². The van der Waals surface area contributed by atoms with Crippen LogP contribution in [0.5, 0.6) is 0 Å². The molecule has 3 fully saturated rings. The van der Waals surface area contributed by atoms with Gasteiger partial charge in [-0.3, -0.25) is 0 Å². The minimum absolute atomic E-state index is 0.0742. The van der Waals surface area contributed by atoms with E-state index in [1.807, 2.05) is 0 Å². The highest BCUT2D eigenvalue weighted by atomic mass is 32.2. The van der Waals surface area contributed by atoms with E-state index in [9.17, 15) is 0 Å². The molecule has 0 saturated carbocycles. The van der Waals surface area contributed by atoms with Crippen molar-refractivity contribution in [1.29, 1.82) is 0 Å². The van der Waals surface area contributed by atoms with Crippen molar-refractivity contribution in [1.82, 2.24) is 0 Å². The lowest BCUT2D eigenvalue weighted by Crippen LogP contribution is -2.74. The number of rotatable bonds is 4. The zero-order chi connectivity index (χ0) is 11.8. The quantitative estimate of drug-likeness (QED) is 0.532. The minimum Gasteiger partial charge on any atom is -0.114 e. The summed E-state index contributed by atoms with van der Waals surface area (Å²) in [6.07, 6.45) is 8.63. The molecular weight excluding hydrogens is 244 g/mol. The number of nitrogens with zero attached hydrogens (tertiary/aromatic N) is 2. The van der Waals surface area contributed by atoms with Gasteiger partial charge in [-0.05, 0) is 0 Å². The molecule has 0 unspecified atom stereocenters. The van der Waals surface area contributed by atoms with Gasteiger partial charge >= 0.3 is 0 Å². The van der Waals surface area contributed by atoms with Crippen molar-refractivity contribution in [3.8, 4) is 0 Å². The first-order valence-corrected chi connectivity index (χ1v) is 9.66. The van der Waals surface area contributed by atoms with Gasteiger partial charge in [-0.15, -0.1) is 9.29 Å². The molecule has 2 bridgehead atoms. The second-order valence-electron chi connectivity index (χ2n) is 5.09. The molecular formula is C10H24N2O2S2+4. The lowest BCUT2D eigenvalue weighted by Gasteiger charge is -2.46. The van der Waals surface area contributed by atoms with Crippen LogP contribution in [-0.4, -0.2) is 73.6 Å². The summed E-state index contributed by atoms with van der Waals surface area (Å²) in [6.45, 7) is 6.68. The van der Waals surface area contributed by atoms with Crippen molar-refractivity contribution < 1.29 is 17.9 Å². The third-order valence-corrected chi connectivity index (χ3v) is 4.59. The molecule has 3 aliphatic rings. The lowest BCUT2D eigenvalue weighted by molar-refractivity contribution is -1.21. The van der Waals surface area contributed by atoms with Crippen LogP contribution in [0.1, 0.15) is 0 Å².